The summed E-state index contributed by atoms with van der Waals surface area (Å²) in [6.45, 7) is 4.79. The number of rotatable bonds is 3. The maximum atomic E-state index is 13.0. The quantitative estimate of drug-likeness (QED) is 0.868. The number of ether oxygens (including phenoxy) is 1. The summed E-state index contributed by atoms with van der Waals surface area (Å²) < 4.78 is 5.32. The van der Waals surface area contributed by atoms with Gasteiger partial charge in [0.05, 0.1) is 19.9 Å². The maximum absolute atomic E-state index is 13.0. The summed E-state index contributed by atoms with van der Waals surface area (Å²) >= 11 is 0. The van der Waals surface area contributed by atoms with Crippen LogP contribution in [-0.2, 0) is 15.1 Å². The predicted octanol–water partition coefficient (Wildman–Crippen LogP) is 1.90. The van der Waals surface area contributed by atoms with Crippen LogP contribution in [0.15, 0.2) is 42.5 Å². The molecular weight excluding hydrogens is 318 g/mol. The smallest absolute Gasteiger partial charge is 0.326 e. The summed E-state index contributed by atoms with van der Waals surface area (Å²) in [5.74, 6) is -0.209. The van der Waals surface area contributed by atoms with Crippen molar-refractivity contribution >= 4 is 22.7 Å². The highest BCUT2D eigenvalue weighted by atomic mass is 16.5. The lowest BCUT2D eigenvalue weighted by atomic mass is 9.90. The van der Waals surface area contributed by atoms with E-state index in [4.69, 9.17) is 4.74 Å². The molecule has 0 radical (unpaired) electrons. The zero-order valence-electron chi connectivity index (χ0n) is 14.2. The number of imide groups is 1. The van der Waals surface area contributed by atoms with E-state index in [-0.39, 0.29) is 11.9 Å². The van der Waals surface area contributed by atoms with Gasteiger partial charge in [-0.15, -0.1) is 0 Å². The molecule has 2 aliphatic rings. The van der Waals surface area contributed by atoms with Crippen molar-refractivity contribution in [2.75, 3.05) is 33.0 Å². The fraction of sp³-hybridized carbons (Fsp3) is 0.368. The van der Waals surface area contributed by atoms with Crippen molar-refractivity contribution in [1.82, 2.24) is 15.1 Å². The van der Waals surface area contributed by atoms with Gasteiger partial charge >= 0.3 is 6.03 Å². The highest BCUT2D eigenvalue weighted by molar-refractivity contribution is 6.07. The molecule has 0 aromatic heterocycles. The van der Waals surface area contributed by atoms with Gasteiger partial charge in [-0.2, -0.15) is 0 Å². The number of morpholine rings is 1. The van der Waals surface area contributed by atoms with E-state index in [1.807, 2.05) is 42.5 Å². The van der Waals surface area contributed by atoms with Crippen molar-refractivity contribution in [2.45, 2.75) is 12.5 Å². The second-order valence-electron chi connectivity index (χ2n) is 6.72. The minimum absolute atomic E-state index is 0.209. The number of urea groups is 1. The molecule has 0 saturated carbocycles. The average molecular weight is 339 g/mol. The first-order valence-corrected chi connectivity index (χ1v) is 8.51. The first-order valence-electron chi connectivity index (χ1n) is 8.51. The first-order chi connectivity index (χ1) is 12.1. The molecule has 2 heterocycles. The van der Waals surface area contributed by atoms with Crippen molar-refractivity contribution in [3.8, 4) is 0 Å². The van der Waals surface area contributed by atoms with Crippen molar-refractivity contribution in [3.63, 3.8) is 0 Å². The number of carbonyl (C=O) groups is 2. The number of carbonyl (C=O) groups excluding carboxylic acids is 2. The van der Waals surface area contributed by atoms with Crippen LogP contribution in [0.5, 0.6) is 0 Å². The zero-order chi connectivity index (χ0) is 17.4. The highest BCUT2D eigenvalue weighted by Crippen LogP contribution is 2.31. The van der Waals surface area contributed by atoms with Crippen LogP contribution in [-0.4, -0.2) is 54.7 Å². The van der Waals surface area contributed by atoms with Crippen LogP contribution in [0, 0.1) is 0 Å². The molecule has 0 unspecified atom stereocenters. The van der Waals surface area contributed by atoms with Gasteiger partial charge in [0.1, 0.15) is 5.54 Å². The standard InChI is InChI=1S/C19H21N3O3/c1-19(16-7-6-14-4-2-3-5-15(14)12-16)17(23)22(18(24)20-19)13-21-8-10-25-11-9-21/h2-7,12H,8-11,13H2,1H3,(H,20,24)/t19-/m1/s1. The maximum Gasteiger partial charge on any atom is 0.326 e. The highest BCUT2D eigenvalue weighted by Gasteiger charge is 2.49. The molecule has 1 atom stereocenters. The van der Waals surface area contributed by atoms with Crippen LogP contribution in [0.3, 0.4) is 0 Å². The summed E-state index contributed by atoms with van der Waals surface area (Å²) in [4.78, 5) is 28.8. The normalized spacial score (nSPS) is 24.8. The Bertz CT molecular complexity index is 832. The molecule has 3 amide bonds. The number of hydrogen-bond donors (Lipinski definition) is 1. The van der Waals surface area contributed by atoms with E-state index >= 15 is 0 Å². The van der Waals surface area contributed by atoms with Crippen LogP contribution >= 0.6 is 0 Å². The van der Waals surface area contributed by atoms with E-state index < -0.39 is 5.54 Å². The topological polar surface area (TPSA) is 61.9 Å². The number of hydrogen-bond acceptors (Lipinski definition) is 4. The van der Waals surface area contributed by atoms with Gasteiger partial charge in [-0.3, -0.25) is 9.69 Å². The molecule has 0 aliphatic carbocycles. The fourth-order valence-corrected chi connectivity index (χ4v) is 3.46. The zero-order valence-corrected chi connectivity index (χ0v) is 14.2. The minimum atomic E-state index is -1.03. The Hall–Kier alpha value is -2.44. The van der Waals surface area contributed by atoms with Crippen molar-refractivity contribution in [3.05, 3.63) is 48.0 Å². The van der Waals surface area contributed by atoms with Crippen LogP contribution in [0.25, 0.3) is 10.8 Å². The van der Waals surface area contributed by atoms with Gasteiger partial charge in [-0.1, -0.05) is 36.4 Å². The van der Waals surface area contributed by atoms with E-state index in [1.165, 1.54) is 4.90 Å². The Morgan fingerprint density at radius 2 is 1.80 bits per heavy atom. The van der Waals surface area contributed by atoms with Crippen molar-refractivity contribution in [1.29, 1.82) is 0 Å². The van der Waals surface area contributed by atoms with Gasteiger partial charge in [-0.25, -0.2) is 9.69 Å². The third-order valence-electron chi connectivity index (χ3n) is 5.05. The molecule has 6 heteroatoms. The van der Waals surface area contributed by atoms with Crippen LogP contribution in [0.4, 0.5) is 4.79 Å². The summed E-state index contributed by atoms with van der Waals surface area (Å²) in [7, 11) is 0. The molecule has 2 aromatic carbocycles. The molecule has 4 rings (SSSR count). The average Bonchev–Trinajstić information content (AvgIpc) is 2.86. The Morgan fingerprint density at radius 1 is 1.08 bits per heavy atom. The van der Waals surface area contributed by atoms with Gasteiger partial charge in [0.15, 0.2) is 0 Å². The van der Waals surface area contributed by atoms with Crippen LogP contribution < -0.4 is 5.32 Å². The molecule has 2 aromatic rings. The second kappa shape index (κ2) is 6.13. The molecule has 2 saturated heterocycles. The molecule has 25 heavy (non-hydrogen) atoms. The second-order valence-corrected chi connectivity index (χ2v) is 6.72. The number of amides is 3. The lowest BCUT2D eigenvalue weighted by molar-refractivity contribution is -0.133. The van der Waals surface area contributed by atoms with Crippen molar-refractivity contribution in [2.24, 2.45) is 0 Å². The van der Waals surface area contributed by atoms with E-state index in [0.717, 1.165) is 29.4 Å². The van der Waals surface area contributed by atoms with Gasteiger partial charge < -0.3 is 10.1 Å². The largest absolute Gasteiger partial charge is 0.379 e. The molecule has 2 fully saturated rings. The lowest BCUT2D eigenvalue weighted by Gasteiger charge is -2.30. The SMILES string of the molecule is C[C@]1(c2ccc3ccccc3c2)NC(=O)N(CN2CCOCC2)C1=O. The number of nitrogens with zero attached hydrogens (tertiary/aromatic N) is 2. The molecule has 1 N–H and O–H groups in total. The number of nitrogens with one attached hydrogen (secondary N) is 1. The Balaban J connectivity index is 1.62. The summed E-state index contributed by atoms with van der Waals surface area (Å²) in [6, 6.07) is 13.5. The number of fused-ring (bicyclic) bond motifs is 1. The van der Waals surface area contributed by atoms with E-state index in [9.17, 15) is 9.59 Å². The molecule has 6 nitrogen and oxygen atoms in total. The van der Waals surface area contributed by atoms with Gasteiger partial charge in [-0.05, 0) is 29.3 Å². The fourth-order valence-electron chi connectivity index (χ4n) is 3.46. The molecular formula is C19H21N3O3. The Kier molecular flexibility index (Phi) is 3.94. The summed E-state index contributed by atoms with van der Waals surface area (Å²) in [5.41, 5.74) is -0.234. The van der Waals surface area contributed by atoms with E-state index in [1.54, 1.807) is 6.92 Å². The minimum Gasteiger partial charge on any atom is -0.379 e. The number of benzene rings is 2. The van der Waals surface area contributed by atoms with Gasteiger partial charge in [0.25, 0.3) is 5.91 Å². The lowest BCUT2D eigenvalue weighted by Crippen LogP contribution is -2.47. The monoisotopic (exact) mass is 339 g/mol. The predicted molar refractivity (Wildman–Crippen MR) is 93.9 cm³/mol. The van der Waals surface area contributed by atoms with Crippen LogP contribution in [0.1, 0.15) is 12.5 Å². The third-order valence-corrected chi connectivity index (χ3v) is 5.05. The molecule has 130 valence electrons. The molecule has 2 aliphatic heterocycles. The van der Waals surface area contributed by atoms with Gasteiger partial charge in [0.2, 0.25) is 0 Å². The summed E-state index contributed by atoms with van der Waals surface area (Å²) in [5, 5.41) is 5.04. The molecule has 0 spiro atoms. The third kappa shape index (κ3) is 2.77. The molecule has 0 bridgehead atoms. The Labute approximate surface area is 146 Å². The Morgan fingerprint density at radius 3 is 2.56 bits per heavy atom. The van der Waals surface area contributed by atoms with E-state index in [2.05, 4.69) is 10.2 Å². The first kappa shape index (κ1) is 16.1. The van der Waals surface area contributed by atoms with Crippen molar-refractivity contribution < 1.29 is 14.3 Å². The van der Waals surface area contributed by atoms with Gasteiger partial charge in [0, 0.05) is 13.1 Å². The van der Waals surface area contributed by atoms with Crippen LogP contribution in [0.2, 0.25) is 0 Å². The summed E-state index contributed by atoms with van der Waals surface area (Å²) in [6.07, 6.45) is 0. The van der Waals surface area contributed by atoms with E-state index in [0.29, 0.717) is 19.9 Å².